The topological polar surface area (TPSA) is 48.1 Å². The lowest BCUT2D eigenvalue weighted by Gasteiger charge is -2.26. The van der Waals surface area contributed by atoms with Crippen LogP contribution in [-0.2, 0) is 5.54 Å². The Kier molecular flexibility index (Phi) is 4.22. The molecule has 0 fully saturated rings. The van der Waals surface area contributed by atoms with Gasteiger partial charge in [-0.1, -0.05) is 0 Å². The summed E-state index contributed by atoms with van der Waals surface area (Å²) < 4.78 is 3.35. The number of benzene rings is 1. The first kappa shape index (κ1) is 16.7. The van der Waals surface area contributed by atoms with Gasteiger partial charge in [0.05, 0.1) is 4.92 Å². The molecule has 0 N–H and O–H groups in total. The highest BCUT2D eigenvalue weighted by atomic mass is 79.9. The van der Waals surface area contributed by atoms with Gasteiger partial charge in [-0.15, -0.1) is 0 Å². The molecule has 0 amide bonds. The largest absolute Gasteiger partial charge is 0.342 e. The van der Waals surface area contributed by atoms with E-state index in [9.17, 15) is 10.1 Å². The van der Waals surface area contributed by atoms with Crippen LogP contribution >= 0.6 is 15.9 Å². The zero-order valence-electron chi connectivity index (χ0n) is 13.8. The van der Waals surface area contributed by atoms with E-state index in [1.54, 1.807) is 12.1 Å². The number of nitrogens with zero attached hydrogens (tertiary/aromatic N) is 2. The summed E-state index contributed by atoms with van der Waals surface area (Å²) in [5.41, 5.74) is 5.47. The molecular weight excluding hydrogens is 344 g/mol. The molecule has 5 heteroatoms. The molecule has 2 aromatic rings. The predicted molar refractivity (Wildman–Crippen MR) is 93.4 cm³/mol. The highest BCUT2D eigenvalue weighted by Crippen LogP contribution is 2.41. The molecule has 0 saturated heterocycles. The lowest BCUT2D eigenvalue weighted by atomic mass is 10.00. The van der Waals surface area contributed by atoms with Crippen LogP contribution < -0.4 is 0 Å². The minimum Gasteiger partial charge on any atom is -0.342 e. The smallest absolute Gasteiger partial charge is 0.269 e. The van der Waals surface area contributed by atoms with Crippen LogP contribution in [0.2, 0.25) is 0 Å². The quantitative estimate of drug-likeness (QED) is 0.521. The molecule has 118 valence electrons. The molecule has 0 bridgehead atoms. The summed E-state index contributed by atoms with van der Waals surface area (Å²) in [4.78, 5) is 10.6. The Morgan fingerprint density at radius 2 is 1.73 bits per heavy atom. The maximum absolute atomic E-state index is 10.9. The van der Waals surface area contributed by atoms with Crippen molar-refractivity contribution < 1.29 is 4.92 Å². The van der Waals surface area contributed by atoms with Crippen molar-refractivity contribution >= 4 is 21.6 Å². The van der Waals surface area contributed by atoms with Crippen molar-refractivity contribution in [1.82, 2.24) is 4.57 Å². The van der Waals surface area contributed by atoms with Gasteiger partial charge in [-0.3, -0.25) is 10.1 Å². The molecule has 0 aliphatic carbocycles. The highest BCUT2D eigenvalue weighted by molar-refractivity contribution is 9.10. The second-order valence-electron chi connectivity index (χ2n) is 6.62. The average molecular weight is 365 g/mol. The van der Waals surface area contributed by atoms with Crippen LogP contribution in [0.15, 0.2) is 22.7 Å². The predicted octanol–water partition coefficient (Wildman–Crippen LogP) is 5.51. The molecule has 1 aromatic heterocycles. The fourth-order valence-corrected chi connectivity index (χ4v) is 3.84. The molecule has 1 heterocycles. The van der Waals surface area contributed by atoms with Crippen LogP contribution in [0, 0.1) is 30.9 Å². The standard InChI is InChI=1S/C17H21BrN2O2/c1-10-9-13(20(21)22)7-8-14(10)15-11(2)19(17(4,5)6)12(3)16(15)18/h7-9H,1-6H3. The van der Waals surface area contributed by atoms with Crippen LogP contribution in [0.3, 0.4) is 0 Å². The van der Waals surface area contributed by atoms with Crippen molar-refractivity contribution in [3.63, 3.8) is 0 Å². The molecule has 0 aliphatic heterocycles. The van der Waals surface area contributed by atoms with E-state index in [1.165, 1.54) is 0 Å². The summed E-state index contributed by atoms with van der Waals surface area (Å²) >= 11 is 3.71. The number of nitro benzene ring substituents is 1. The average Bonchev–Trinajstić information content (AvgIpc) is 2.60. The molecule has 22 heavy (non-hydrogen) atoms. The first-order valence-electron chi connectivity index (χ1n) is 7.19. The summed E-state index contributed by atoms with van der Waals surface area (Å²) in [5, 5.41) is 10.9. The molecule has 1 aromatic carbocycles. The lowest BCUT2D eigenvalue weighted by Crippen LogP contribution is -2.24. The Labute approximate surface area is 139 Å². The fourth-order valence-electron chi connectivity index (χ4n) is 3.16. The van der Waals surface area contributed by atoms with Crippen molar-refractivity contribution in [1.29, 1.82) is 0 Å². The summed E-state index contributed by atoms with van der Waals surface area (Å²) in [7, 11) is 0. The first-order valence-corrected chi connectivity index (χ1v) is 7.98. The zero-order chi connectivity index (χ0) is 16.8. The third kappa shape index (κ3) is 2.70. The Balaban J connectivity index is 2.72. The third-order valence-corrected chi connectivity index (χ3v) is 4.90. The van der Waals surface area contributed by atoms with E-state index in [2.05, 4.69) is 55.1 Å². The third-order valence-electron chi connectivity index (χ3n) is 3.93. The summed E-state index contributed by atoms with van der Waals surface area (Å²) in [6.45, 7) is 12.6. The van der Waals surface area contributed by atoms with Crippen molar-refractivity contribution in [3.05, 3.63) is 49.7 Å². The van der Waals surface area contributed by atoms with Gasteiger partial charge in [-0.2, -0.15) is 0 Å². The summed E-state index contributed by atoms with van der Waals surface area (Å²) in [6.07, 6.45) is 0. The maximum Gasteiger partial charge on any atom is 0.269 e. The number of aromatic nitrogens is 1. The number of nitro groups is 1. The maximum atomic E-state index is 10.9. The van der Waals surface area contributed by atoms with Crippen molar-refractivity contribution in [2.75, 3.05) is 0 Å². The van der Waals surface area contributed by atoms with Crippen LogP contribution in [0.1, 0.15) is 37.7 Å². The minimum atomic E-state index is -0.357. The van der Waals surface area contributed by atoms with Crippen LogP contribution in [0.4, 0.5) is 5.69 Å². The van der Waals surface area contributed by atoms with Gasteiger partial charge in [0.2, 0.25) is 0 Å². The van der Waals surface area contributed by atoms with E-state index < -0.39 is 0 Å². The van der Waals surface area contributed by atoms with E-state index in [1.807, 2.05) is 13.0 Å². The second-order valence-corrected chi connectivity index (χ2v) is 7.42. The van der Waals surface area contributed by atoms with E-state index in [0.29, 0.717) is 0 Å². The van der Waals surface area contributed by atoms with Crippen molar-refractivity contribution in [3.8, 4) is 11.1 Å². The number of aryl methyl sites for hydroxylation is 1. The Bertz CT molecular complexity index is 755. The van der Waals surface area contributed by atoms with E-state index in [-0.39, 0.29) is 16.1 Å². The van der Waals surface area contributed by atoms with Gasteiger partial charge in [0.1, 0.15) is 0 Å². The van der Waals surface area contributed by atoms with Crippen LogP contribution in [-0.4, -0.2) is 9.49 Å². The number of halogens is 1. The van der Waals surface area contributed by atoms with Gasteiger partial charge in [-0.05, 0) is 74.7 Å². The molecular formula is C17H21BrN2O2. The Morgan fingerprint density at radius 1 is 1.14 bits per heavy atom. The molecule has 2 rings (SSSR count). The highest BCUT2D eigenvalue weighted by Gasteiger charge is 2.25. The van der Waals surface area contributed by atoms with Crippen LogP contribution in [0.25, 0.3) is 11.1 Å². The Hall–Kier alpha value is -1.62. The molecule has 0 radical (unpaired) electrons. The second kappa shape index (κ2) is 5.54. The zero-order valence-corrected chi connectivity index (χ0v) is 15.4. The van der Waals surface area contributed by atoms with Gasteiger partial charge < -0.3 is 4.57 Å². The van der Waals surface area contributed by atoms with Crippen molar-refractivity contribution in [2.24, 2.45) is 0 Å². The molecule has 4 nitrogen and oxygen atoms in total. The Morgan fingerprint density at radius 3 is 2.14 bits per heavy atom. The molecule has 0 atom stereocenters. The number of non-ortho nitro benzene ring substituents is 1. The summed E-state index contributed by atoms with van der Waals surface area (Å²) in [6, 6.07) is 5.04. The SMILES string of the molecule is Cc1cc([N+](=O)[O-])ccc1-c1c(Br)c(C)n(C(C)(C)C)c1C. The number of rotatable bonds is 2. The fraction of sp³-hybridized carbons (Fsp3) is 0.412. The van der Waals surface area contributed by atoms with Crippen LogP contribution in [0.5, 0.6) is 0 Å². The van der Waals surface area contributed by atoms with Gasteiger partial charge in [-0.25, -0.2) is 0 Å². The number of hydrogen-bond donors (Lipinski definition) is 0. The minimum absolute atomic E-state index is 0.0242. The number of hydrogen-bond acceptors (Lipinski definition) is 2. The first-order chi connectivity index (χ1) is 10.1. The molecule has 0 aliphatic rings. The van der Waals surface area contributed by atoms with Crippen molar-refractivity contribution in [2.45, 2.75) is 47.1 Å². The molecule has 0 spiro atoms. The van der Waals surface area contributed by atoms with E-state index in [0.717, 1.165) is 32.6 Å². The monoisotopic (exact) mass is 364 g/mol. The molecule has 0 unspecified atom stereocenters. The van der Waals surface area contributed by atoms with E-state index in [4.69, 9.17) is 0 Å². The van der Waals surface area contributed by atoms with Gasteiger partial charge in [0, 0.05) is 39.1 Å². The molecule has 0 saturated carbocycles. The van der Waals surface area contributed by atoms with Gasteiger partial charge in [0.15, 0.2) is 0 Å². The normalized spacial score (nSPS) is 11.8. The summed E-state index contributed by atoms with van der Waals surface area (Å²) in [5.74, 6) is 0. The van der Waals surface area contributed by atoms with Gasteiger partial charge in [0.25, 0.3) is 5.69 Å². The van der Waals surface area contributed by atoms with Gasteiger partial charge >= 0.3 is 0 Å². The van der Waals surface area contributed by atoms with E-state index >= 15 is 0 Å². The lowest BCUT2D eigenvalue weighted by molar-refractivity contribution is -0.384.